The fourth-order valence-electron chi connectivity index (χ4n) is 2.42. The molecule has 90 valence electrons. The van der Waals surface area contributed by atoms with Crippen molar-refractivity contribution in [2.24, 2.45) is 0 Å². The first-order valence-corrected chi connectivity index (χ1v) is 7.02. The summed E-state index contributed by atoms with van der Waals surface area (Å²) >= 11 is 1.67. The molecule has 0 saturated carbocycles. The van der Waals surface area contributed by atoms with Crippen molar-refractivity contribution in [3.63, 3.8) is 0 Å². The Bertz CT molecular complexity index is 683. The van der Waals surface area contributed by atoms with Gasteiger partial charge in [-0.15, -0.1) is 11.8 Å². The molecule has 0 amide bonds. The maximum atomic E-state index is 11.7. The van der Waals surface area contributed by atoms with Gasteiger partial charge < -0.3 is 0 Å². The Balaban J connectivity index is 2.35. The summed E-state index contributed by atoms with van der Waals surface area (Å²) in [6.45, 7) is 4.06. The molecule has 2 aromatic carbocycles. The summed E-state index contributed by atoms with van der Waals surface area (Å²) in [7, 11) is 0. The minimum absolute atomic E-state index is 0.266. The molecule has 18 heavy (non-hydrogen) atoms. The second-order valence-corrected chi connectivity index (χ2v) is 5.63. The summed E-state index contributed by atoms with van der Waals surface area (Å²) in [4.78, 5) is 12.9. The number of carbonyl (C=O) groups excluding carboxylic acids is 1. The monoisotopic (exact) mass is 254 g/mol. The van der Waals surface area contributed by atoms with Crippen LogP contribution in [0.4, 0.5) is 0 Å². The minimum atomic E-state index is 0.266. The lowest BCUT2D eigenvalue weighted by Gasteiger charge is -2.11. The third kappa shape index (κ3) is 1.68. The molecular formula is C16H14OS. The molecule has 1 aliphatic heterocycles. The van der Waals surface area contributed by atoms with Crippen LogP contribution in [0.5, 0.6) is 0 Å². The fraction of sp³-hybridized carbons (Fsp3) is 0.188. The first kappa shape index (κ1) is 11.5. The third-order valence-corrected chi connectivity index (χ3v) is 4.68. The van der Waals surface area contributed by atoms with Crippen LogP contribution in [0.1, 0.15) is 18.1 Å². The maximum Gasteiger partial charge on any atom is 0.169 e. The predicted octanol–water partition coefficient (Wildman–Crippen LogP) is 4.20. The normalized spacial score (nSPS) is 15.8. The number of allylic oxidation sites excluding steroid dienone is 1. The Labute approximate surface area is 111 Å². The summed E-state index contributed by atoms with van der Waals surface area (Å²) in [5.74, 6) is 0.853. The number of hydrogen-bond acceptors (Lipinski definition) is 2. The molecule has 1 nitrogen and oxygen atoms in total. The SMILES string of the molecule is CC1=C(c2c(C)ccc3ccccc23)SCC1=O. The Hall–Kier alpha value is -1.54. The fourth-order valence-corrected chi connectivity index (χ4v) is 3.66. The lowest BCUT2D eigenvalue weighted by Crippen LogP contribution is -1.95. The minimum Gasteiger partial charge on any atom is -0.294 e. The van der Waals surface area contributed by atoms with Gasteiger partial charge in [-0.05, 0) is 35.7 Å². The molecule has 0 spiro atoms. The molecule has 0 atom stereocenters. The Morgan fingerprint density at radius 2 is 1.83 bits per heavy atom. The van der Waals surface area contributed by atoms with E-state index in [1.54, 1.807) is 11.8 Å². The number of rotatable bonds is 1. The number of ketones is 1. The number of fused-ring (bicyclic) bond motifs is 1. The van der Waals surface area contributed by atoms with Crippen molar-refractivity contribution in [2.75, 3.05) is 5.75 Å². The molecule has 0 fully saturated rings. The van der Waals surface area contributed by atoms with E-state index in [0.29, 0.717) is 5.75 Å². The second-order valence-electron chi connectivity index (χ2n) is 4.64. The number of carbonyl (C=O) groups is 1. The van der Waals surface area contributed by atoms with Gasteiger partial charge in [-0.1, -0.05) is 36.4 Å². The topological polar surface area (TPSA) is 17.1 Å². The largest absolute Gasteiger partial charge is 0.294 e. The Kier molecular flexibility index (Phi) is 2.75. The van der Waals surface area contributed by atoms with Crippen LogP contribution >= 0.6 is 11.8 Å². The quantitative estimate of drug-likeness (QED) is 0.759. The Morgan fingerprint density at radius 3 is 2.56 bits per heavy atom. The lowest BCUT2D eigenvalue weighted by molar-refractivity contribution is -0.112. The zero-order valence-electron chi connectivity index (χ0n) is 10.5. The van der Waals surface area contributed by atoms with Gasteiger partial charge in [0.05, 0.1) is 5.75 Å². The van der Waals surface area contributed by atoms with E-state index in [9.17, 15) is 4.79 Å². The highest BCUT2D eigenvalue weighted by atomic mass is 32.2. The van der Waals surface area contributed by atoms with Crippen LogP contribution in [0.15, 0.2) is 42.0 Å². The van der Waals surface area contributed by atoms with E-state index in [1.807, 2.05) is 6.92 Å². The molecule has 0 unspecified atom stereocenters. The van der Waals surface area contributed by atoms with E-state index < -0.39 is 0 Å². The average Bonchev–Trinajstić information content (AvgIpc) is 2.70. The number of thioether (sulfide) groups is 1. The Morgan fingerprint density at radius 1 is 1.06 bits per heavy atom. The zero-order valence-corrected chi connectivity index (χ0v) is 11.3. The maximum absolute atomic E-state index is 11.7. The number of hydrogen-bond donors (Lipinski definition) is 0. The number of aryl methyl sites for hydroxylation is 1. The third-order valence-electron chi connectivity index (χ3n) is 3.47. The van der Waals surface area contributed by atoms with Crippen LogP contribution in [-0.2, 0) is 4.79 Å². The summed E-state index contributed by atoms with van der Waals surface area (Å²) in [5.41, 5.74) is 3.39. The standard InChI is InChI=1S/C16H14OS/c1-10-7-8-12-5-3-4-6-13(12)15(10)16-11(2)14(17)9-18-16/h3-8H,9H2,1-2H3. The van der Waals surface area contributed by atoms with Crippen LogP contribution in [0.2, 0.25) is 0 Å². The molecule has 0 N–H and O–H groups in total. The highest BCUT2D eigenvalue weighted by Gasteiger charge is 2.23. The lowest BCUT2D eigenvalue weighted by atomic mass is 9.97. The smallest absolute Gasteiger partial charge is 0.169 e. The first-order valence-electron chi connectivity index (χ1n) is 6.04. The number of Topliss-reactive ketones (excluding diaryl/α,β-unsaturated/α-hetero) is 1. The van der Waals surface area contributed by atoms with E-state index >= 15 is 0 Å². The van der Waals surface area contributed by atoms with E-state index in [1.165, 1.54) is 21.9 Å². The van der Waals surface area contributed by atoms with Gasteiger partial charge in [0, 0.05) is 10.5 Å². The number of benzene rings is 2. The highest BCUT2D eigenvalue weighted by molar-refractivity contribution is 8.09. The van der Waals surface area contributed by atoms with Crippen LogP contribution in [-0.4, -0.2) is 11.5 Å². The van der Waals surface area contributed by atoms with Gasteiger partial charge >= 0.3 is 0 Å². The summed E-state index contributed by atoms with van der Waals surface area (Å²) in [6, 6.07) is 12.7. The van der Waals surface area contributed by atoms with Crippen molar-refractivity contribution >= 4 is 33.2 Å². The summed E-state index contributed by atoms with van der Waals surface area (Å²) in [5, 5.41) is 2.48. The van der Waals surface area contributed by atoms with Crippen LogP contribution in [0.25, 0.3) is 15.7 Å². The molecule has 2 aromatic rings. The van der Waals surface area contributed by atoms with Crippen molar-refractivity contribution in [1.29, 1.82) is 0 Å². The van der Waals surface area contributed by atoms with Crippen molar-refractivity contribution in [2.45, 2.75) is 13.8 Å². The molecule has 0 aromatic heterocycles. The van der Waals surface area contributed by atoms with Crippen molar-refractivity contribution in [3.05, 3.63) is 53.1 Å². The van der Waals surface area contributed by atoms with Gasteiger partial charge in [0.1, 0.15) is 0 Å². The van der Waals surface area contributed by atoms with Gasteiger partial charge in [-0.2, -0.15) is 0 Å². The molecule has 0 aliphatic carbocycles. The molecule has 1 aliphatic rings. The van der Waals surface area contributed by atoms with E-state index in [2.05, 4.69) is 43.3 Å². The molecule has 0 radical (unpaired) electrons. The van der Waals surface area contributed by atoms with Gasteiger partial charge in [-0.25, -0.2) is 0 Å². The van der Waals surface area contributed by atoms with Gasteiger partial charge in [0.15, 0.2) is 5.78 Å². The second kappa shape index (κ2) is 4.29. The van der Waals surface area contributed by atoms with Crippen molar-refractivity contribution < 1.29 is 4.79 Å². The molecule has 0 saturated heterocycles. The van der Waals surface area contributed by atoms with Crippen LogP contribution in [0.3, 0.4) is 0 Å². The van der Waals surface area contributed by atoms with E-state index in [0.717, 1.165) is 10.5 Å². The van der Waals surface area contributed by atoms with Gasteiger partial charge in [-0.3, -0.25) is 4.79 Å². The van der Waals surface area contributed by atoms with Crippen LogP contribution < -0.4 is 0 Å². The zero-order chi connectivity index (χ0) is 12.7. The van der Waals surface area contributed by atoms with E-state index in [4.69, 9.17) is 0 Å². The van der Waals surface area contributed by atoms with E-state index in [-0.39, 0.29) is 5.78 Å². The highest BCUT2D eigenvalue weighted by Crippen LogP contribution is 2.41. The predicted molar refractivity (Wildman–Crippen MR) is 78.7 cm³/mol. The molecule has 0 bridgehead atoms. The average molecular weight is 254 g/mol. The molecule has 3 rings (SSSR count). The molecular weight excluding hydrogens is 240 g/mol. The summed E-state index contributed by atoms with van der Waals surface area (Å²) in [6.07, 6.45) is 0. The summed E-state index contributed by atoms with van der Waals surface area (Å²) < 4.78 is 0. The first-order chi connectivity index (χ1) is 8.68. The molecule has 1 heterocycles. The van der Waals surface area contributed by atoms with Crippen LogP contribution in [0, 0.1) is 6.92 Å². The van der Waals surface area contributed by atoms with Gasteiger partial charge in [0.2, 0.25) is 0 Å². The van der Waals surface area contributed by atoms with Crippen molar-refractivity contribution in [3.8, 4) is 0 Å². The van der Waals surface area contributed by atoms with Crippen molar-refractivity contribution in [1.82, 2.24) is 0 Å². The molecule has 2 heteroatoms. The van der Waals surface area contributed by atoms with Gasteiger partial charge in [0.25, 0.3) is 0 Å².